The third-order valence-corrected chi connectivity index (χ3v) is 9.38. The smallest absolute Gasteiger partial charge is 0.136 e. The van der Waals surface area contributed by atoms with E-state index in [2.05, 4.69) is 127 Å². The molecule has 0 fully saturated rings. The monoisotopic (exact) mass is 598 g/mol. The fourth-order valence-corrected chi connectivity index (χ4v) is 7.22. The summed E-state index contributed by atoms with van der Waals surface area (Å²) < 4.78 is 6.77. The number of fused-ring (bicyclic) bond motifs is 4. The number of para-hydroxylation sites is 2. The number of benzene rings is 8. The molecule has 0 bridgehead atoms. The quantitative estimate of drug-likeness (QED) is 0.189. The van der Waals surface area contributed by atoms with E-state index in [9.17, 15) is 0 Å². The molecule has 3 heteroatoms. The highest BCUT2D eigenvalue weighted by atomic mass is 16.3. The Kier molecular flexibility index (Phi) is 5.57. The standard InChI is InChI=1S/C44H26N2O/c1-3-12-27(13-4-1)29-16-11-17-30(22-29)43-44(46-38-21-10-9-20-37(38)45-43)32-24-36-34-19-8-7-18-33(34)35-23-31(28-14-5-2-6-15-28)25-39-41(35)42(36)40(26-32)47-39/h1-26H. The van der Waals surface area contributed by atoms with Crippen LogP contribution in [0.1, 0.15) is 0 Å². The van der Waals surface area contributed by atoms with Crippen molar-refractivity contribution in [2.75, 3.05) is 0 Å². The summed E-state index contributed by atoms with van der Waals surface area (Å²) in [5.41, 5.74) is 11.8. The number of rotatable bonds is 4. The highest BCUT2D eigenvalue weighted by Crippen LogP contribution is 2.46. The molecule has 2 aromatic heterocycles. The summed E-state index contributed by atoms with van der Waals surface area (Å²) in [4.78, 5) is 10.5. The minimum Gasteiger partial charge on any atom is -0.456 e. The van der Waals surface area contributed by atoms with Gasteiger partial charge in [0.15, 0.2) is 0 Å². The van der Waals surface area contributed by atoms with Crippen LogP contribution in [0.3, 0.4) is 0 Å². The summed E-state index contributed by atoms with van der Waals surface area (Å²) in [5.74, 6) is 0. The van der Waals surface area contributed by atoms with Crippen molar-refractivity contribution < 1.29 is 4.42 Å². The molecule has 0 unspecified atom stereocenters. The Morgan fingerprint density at radius 2 is 0.787 bits per heavy atom. The summed E-state index contributed by atoms with van der Waals surface area (Å²) in [7, 11) is 0. The summed E-state index contributed by atoms with van der Waals surface area (Å²) in [6.45, 7) is 0. The minimum absolute atomic E-state index is 0.834. The number of hydrogen-bond acceptors (Lipinski definition) is 3. The van der Waals surface area contributed by atoms with Crippen molar-refractivity contribution in [3.05, 3.63) is 158 Å². The van der Waals surface area contributed by atoms with E-state index < -0.39 is 0 Å². The van der Waals surface area contributed by atoms with Gasteiger partial charge in [-0.15, -0.1) is 0 Å². The largest absolute Gasteiger partial charge is 0.456 e. The first-order valence-corrected chi connectivity index (χ1v) is 15.9. The second-order valence-corrected chi connectivity index (χ2v) is 12.2. The van der Waals surface area contributed by atoms with Crippen molar-refractivity contribution in [2.24, 2.45) is 0 Å². The first-order valence-electron chi connectivity index (χ1n) is 15.9. The third-order valence-electron chi connectivity index (χ3n) is 9.38. The molecular formula is C44H26N2O. The molecule has 47 heavy (non-hydrogen) atoms. The van der Waals surface area contributed by atoms with Gasteiger partial charge in [0.25, 0.3) is 0 Å². The highest BCUT2D eigenvalue weighted by molar-refractivity contribution is 6.34. The van der Waals surface area contributed by atoms with Gasteiger partial charge in [-0.2, -0.15) is 0 Å². The lowest BCUT2D eigenvalue weighted by Crippen LogP contribution is -1.96. The SMILES string of the molecule is c1ccc(-c2cccc(-c3nc4ccccc4nc3-c3cc4oc5cc(-c6ccccc6)cc6c7ccccc7c(c3)c4c56)c2)cc1. The lowest BCUT2D eigenvalue weighted by molar-refractivity contribution is 0.669. The molecule has 3 nitrogen and oxygen atoms in total. The molecule has 0 radical (unpaired) electrons. The number of furan rings is 1. The minimum atomic E-state index is 0.834. The van der Waals surface area contributed by atoms with Gasteiger partial charge in [0.2, 0.25) is 0 Å². The van der Waals surface area contributed by atoms with Crippen LogP contribution in [0.25, 0.3) is 99.3 Å². The van der Waals surface area contributed by atoms with Crippen LogP contribution < -0.4 is 0 Å². The molecule has 0 saturated heterocycles. The molecule has 2 heterocycles. The van der Waals surface area contributed by atoms with Gasteiger partial charge < -0.3 is 4.42 Å². The van der Waals surface area contributed by atoms with Crippen molar-refractivity contribution >= 4 is 54.5 Å². The Hall–Kier alpha value is -6.32. The van der Waals surface area contributed by atoms with Crippen LogP contribution in [-0.4, -0.2) is 9.97 Å². The van der Waals surface area contributed by atoms with Gasteiger partial charge in [-0.05, 0) is 86.3 Å². The summed E-state index contributed by atoms with van der Waals surface area (Å²) in [5, 5.41) is 7.09. The van der Waals surface area contributed by atoms with E-state index in [0.717, 1.165) is 66.6 Å². The van der Waals surface area contributed by atoms with E-state index in [4.69, 9.17) is 14.4 Å². The molecule has 0 N–H and O–H groups in total. The van der Waals surface area contributed by atoms with E-state index in [1.807, 2.05) is 30.3 Å². The van der Waals surface area contributed by atoms with Crippen LogP contribution in [0, 0.1) is 0 Å². The molecule has 8 aromatic carbocycles. The van der Waals surface area contributed by atoms with Crippen LogP contribution in [0.5, 0.6) is 0 Å². The Balaban J connectivity index is 1.27. The lowest BCUT2D eigenvalue weighted by atomic mass is 9.90. The average Bonchev–Trinajstić information content (AvgIpc) is 3.53. The van der Waals surface area contributed by atoms with Crippen molar-refractivity contribution in [3.63, 3.8) is 0 Å². The molecule has 0 aliphatic heterocycles. The molecule has 0 spiro atoms. The topological polar surface area (TPSA) is 38.9 Å². The molecule has 10 aromatic rings. The van der Waals surface area contributed by atoms with Crippen LogP contribution in [0.2, 0.25) is 0 Å². The van der Waals surface area contributed by atoms with E-state index in [1.54, 1.807) is 0 Å². The van der Waals surface area contributed by atoms with Gasteiger partial charge in [-0.3, -0.25) is 0 Å². The molecule has 0 aliphatic rings. The van der Waals surface area contributed by atoms with E-state index in [0.29, 0.717) is 0 Å². The number of hydrogen-bond donors (Lipinski definition) is 0. The van der Waals surface area contributed by atoms with Gasteiger partial charge in [-0.25, -0.2) is 9.97 Å². The first kappa shape index (κ1) is 26.0. The maximum absolute atomic E-state index is 6.77. The molecule has 0 amide bonds. The van der Waals surface area contributed by atoms with E-state index >= 15 is 0 Å². The first-order chi connectivity index (χ1) is 23.3. The normalized spacial score (nSPS) is 11.8. The van der Waals surface area contributed by atoms with Crippen LogP contribution in [-0.2, 0) is 0 Å². The second kappa shape index (κ2) is 10.1. The maximum atomic E-state index is 6.77. The Bertz CT molecular complexity index is 2780. The second-order valence-electron chi connectivity index (χ2n) is 12.2. The van der Waals surface area contributed by atoms with Crippen LogP contribution >= 0.6 is 0 Å². The number of nitrogens with zero attached hydrogens (tertiary/aromatic N) is 2. The molecule has 0 saturated carbocycles. The van der Waals surface area contributed by atoms with Crippen molar-refractivity contribution in [1.29, 1.82) is 0 Å². The van der Waals surface area contributed by atoms with E-state index in [1.165, 1.54) is 32.7 Å². The average molecular weight is 599 g/mol. The summed E-state index contributed by atoms with van der Waals surface area (Å²) >= 11 is 0. The van der Waals surface area contributed by atoms with Gasteiger partial charge in [-0.1, -0.05) is 115 Å². The van der Waals surface area contributed by atoms with Crippen molar-refractivity contribution in [2.45, 2.75) is 0 Å². The predicted molar refractivity (Wildman–Crippen MR) is 195 cm³/mol. The Morgan fingerprint density at radius 1 is 0.319 bits per heavy atom. The van der Waals surface area contributed by atoms with Crippen molar-refractivity contribution in [1.82, 2.24) is 9.97 Å². The van der Waals surface area contributed by atoms with Gasteiger partial charge in [0.05, 0.1) is 22.4 Å². The predicted octanol–water partition coefficient (Wildman–Crippen LogP) is 11.9. The molecule has 218 valence electrons. The van der Waals surface area contributed by atoms with E-state index in [-0.39, 0.29) is 0 Å². The zero-order valence-electron chi connectivity index (χ0n) is 25.3. The molecule has 0 atom stereocenters. The summed E-state index contributed by atoms with van der Waals surface area (Å²) in [6.07, 6.45) is 0. The van der Waals surface area contributed by atoms with Gasteiger partial charge >= 0.3 is 0 Å². The van der Waals surface area contributed by atoms with Gasteiger partial charge in [0, 0.05) is 21.9 Å². The van der Waals surface area contributed by atoms with Crippen molar-refractivity contribution in [3.8, 4) is 44.8 Å². The zero-order chi connectivity index (χ0) is 30.9. The number of aromatic nitrogens is 2. The fourth-order valence-electron chi connectivity index (χ4n) is 7.22. The highest BCUT2D eigenvalue weighted by Gasteiger charge is 2.22. The third kappa shape index (κ3) is 4.07. The lowest BCUT2D eigenvalue weighted by Gasteiger charge is -2.14. The molecule has 10 rings (SSSR count). The molecule has 0 aliphatic carbocycles. The van der Waals surface area contributed by atoms with Crippen LogP contribution in [0.4, 0.5) is 0 Å². The zero-order valence-corrected chi connectivity index (χ0v) is 25.3. The van der Waals surface area contributed by atoms with Crippen LogP contribution in [0.15, 0.2) is 162 Å². The fraction of sp³-hybridized carbons (Fsp3) is 0. The Morgan fingerprint density at radius 3 is 1.43 bits per heavy atom. The Labute approximate surface area is 270 Å². The summed E-state index contributed by atoms with van der Waals surface area (Å²) in [6, 6.07) is 55.3. The van der Waals surface area contributed by atoms with Gasteiger partial charge in [0.1, 0.15) is 11.2 Å². The maximum Gasteiger partial charge on any atom is 0.136 e. The molecular weight excluding hydrogens is 572 g/mol.